The van der Waals surface area contributed by atoms with Crippen LogP contribution in [0.1, 0.15) is 30.6 Å². The Morgan fingerprint density at radius 1 is 1.23 bits per heavy atom. The molecule has 0 radical (unpaired) electrons. The van der Waals surface area contributed by atoms with Crippen molar-refractivity contribution in [3.8, 4) is 0 Å². The van der Waals surface area contributed by atoms with E-state index in [1.165, 1.54) is 0 Å². The van der Waals surface area contributed by atoms with Gasteiger partial charge in [-0.05, 0) is 50.5 Å². The molecule has 3 aliphatic rings. The average Bonchev–Trinajstić information content (AvgIpc) is 3.19. The van der Waals surface area contributed by atoms with Gasteiger partial charge in [-0.2, -0.15) is 0 Å². The number of carbonyl (C=O) groups excluding carboxylic acids is 3. The summed E-state index contributed by atoms with van der Waals surface area (Å²) in [6.07, 6.45) is 0.564. The number of halogens is 1. The molecule has 7 heteroatoms. The molecule has 2 aliphatic carbocycles. The van der Waals surface area contributed by atoms with E-state index in [-0.39, 0.29) is 52.6 Å². The predicted octanol–water partition coefficient (Wildman–Crippen LogP) is 2.76. The van der Waals surface area contributed by atoms with Crippen molar-refractivity contribution in [2.45, 2.75) is 37.3 Å². The Labute approximate surface area is 159 Å². The maximum Gasteiger partial charge on any atom is 0.338 e. The highest BCUT2D eigenvalue weighted by Crippen LogP contribution is 2.60. The van der Waals surface area contributed by atoms with Gasteiger partial charge in [0.15, 0.2) is 0 Å². The molecular weight excluding hydrogens is 402 g/mol. The van der Waals surface area contributed by atoms with E-state index in [0.717, 1.165) is 6.42 Å². The smallest absolute Gasteiger partial charge is 0.338 e. The predicted molar refractivity (Wildman–Crippen MR) is 96.8 cm³/mol. The minimum absolute atomic E-state index is 0.0409. The molecule has 1 aromatic rings. The Hall–Kier alpha value is -1.89. The summed E-state index contributed by atoms with van der Waals surface area (Å²) in [5.74, 6) is -1.27. The van der Waals surface area contributed by atoms with Crippen molar-refractivity contribution in [1.82, 2.24) is 0 Å². The molecule has 6 atom stereocenters. The molecule has 4 rings (SSSR count). The molecule has 1 N–H and O–H groups in total. The first kappa shape index (κ1) is 17.5. The standard InChI is InChI=1S/C19H20BrNO5/c1-8(2)25-18(23)9-3-5-10(6-4-9)21-17(22)13-11-7-12-14(13)19(24)26-16(12)15(11)20/h3-6,8,11-16H,7H2,1-2H3,(H,21,22)/t11-,12-,13-,14+,15+,16+/m1/s1. The van der Waals surface area contributed by atoms with Crippen LogP contribution in [0.3, 0.4) is 0 Å². The number of amides is 1. The number of hydrogen-bond acceptors (Lipinski definition) is 5. The lowest BCUT2D eigenvalue weighted by Gasteiger charge is -2.27. The molecule has 1 aromatic carbocycles. The maximum absolute atomic E-state index is 12.8. The van der Waals surface area contributed by atoms with Gasteiger partial charge < -0.3 is 14.8 Å². The maximum atomic E-state index is 12.8. The lowest BCUT2D eigenvalue weighted by atomic mass is 9.79. The van der Waals surface area contributed by atoms with Gasteiger partial charge in [-0.3, -0.25) is 9.59 Å². The Balaban J connectivity index is 1.46. The van der Waals surface area contributed by atoms with Crippen LogP contribution < -0.4 is 5.32 Å². The summed E-state index contributed by atoms with van der Waals surface area (Å²) in [7, 11) is 0. The van der Waals surface area contributed by atoms with Crippen molar-refractivity contribution in [1.29, 1.82) is 0 Å². The summed E-state index contributed by atoms with van der Waals surface area (Å²) >= 11 is 3.61. The number of fused-ring (bicyclic) bond motifs is 1. The van der Waals surface area contributed by atoms with Crippen LogP contribution in [-0.2, 0) is 19.1 Å². The normalized spacial score (nSPS) is 34.1. The molecular formula is C19H20BrNO5. The number of esters is 2. The molecule has 6 nitrogen and oxygen atoms in total. The second-order valence-electron chi connectivity index (χ2n) is 7.48. The van der Waals surface area contributed by atoms with Crippen molar-refractivity contribution < 1.29 is 23.9 Å². The number of nitrogens with one attached hydrogen (secondary N) is 1. The molecule has 26 heavy (non-hydrogen) atoms. The molecule has 0 spiro atoms. The summed E-state index contributed by atoms with van der Waals surface area (Å²) in [5, 5.41) is 2.88. The van der Waals surface area contributed by atoms with Crippen molar-refractivity contribution in [2.24, 2.45) is 23.7 Å². The average molecular weight is 422 g/mol. The fourth-order valence-electron chi connectivity index (χ4n) is 4.53. The van der Waals surface area contributed by atoms with Gasteiger partial charge in [0.05, 0.1) is 28.3 Å². The zero-order valence-electron chi connectivity index (χ0n) is 14.5. The first-order chi connectivity index (χ1) is 12.4. The lowest BCUT2D eigenvalue weighted by Crippen LogP contribution is -2.40. The summed E-state index contributed by atoms with van der Waals surface area (Å²) in [5.41, 5.74) is 1.02. The number of benzene rings is 1. The number of ether oxygens (including phenoxy) is 2. The molecule has 0 aromatic heterocycles. The SMILES string of the molecule is CC(C)OC(=O)c1ccc(NC(=O)[C@@H]2[C@H]3C[C@H]4[C@H](OC(=O)[C@@H]42)[C@H]3Br)cc1. The fourth-order valence-corrected chi connectivity index (χ4v) is 5.57. The molecule has 1 amide bonds. The number of alkyl halides is 1. The van der Waals surface area contributed by atoms with Crippen LogP contribution in [-0.4, -0.2) is 34.9 Å². The van der Waals surface area contributed by atoms with Crippen molar-refractivity contribution in [3.63, 3.8) is 0 Å². The van der Waals surface area contributed by atoms with Crippen LogP contribution in [0.25, 0.3) is 0 Å². The monoisotopic (exact) mass is 421 g/mol. The minimum Gasteiger partial charge on any atom is -0.461 e. The molecule has 3 fully saturated rings. The van der Waals surface area contributed by atoms with Crippen molar-refractivity contribution in [2.75, 3.05) is 5.32 Å². The van der Waals surface area contributed by atoms with Gasteiger partial charge in [0.1, 0.15) is 6.10 Å². The zero-order valence-corrected chi connectivity index (χ0v) is 16.1. The third-order valence-electron chi connectivity index (χ3n) is 5.56. The third-order valence-corrected chi connectivity index (χ3v) is 6.76. The highest BCUT2D eigenvalue weighted by atomic mass is 79.9. The van der Waals surface area contributed by atoms with Gasteiger partial charge in [-0.25, -0.2) is 4.79 Å². The molecule has 0 unspecified atom stereocenters. The van der Waals surface area contributed by atoms with Crippen molar-refractivity contribution >= 4 is 39.5 Å². The van der Waals surface area contributed by atoms with E-state index < -0.39 is 5.97 Å². The summed E-state index contributed by atoms with van der Waals surface area (Å²) < 4.78 is 10.6. The number of hydrogen-bond donors (Lipinski definition) is 1. The van der Waals surface area contributed by atoms with Gasteiger partial charge in [0.2, 0.25) is 5.91 Å². The highest BCUT2D eigenvalue weighted by Gasteiger charge is 2.67. The number of rotatable bonds is 4. The topological polar surface area (TPSA) is 81.7 Å². The number of carbonyl (C=O) groups is 3. The van der Waals surface area contributed by atoms with Gasteiger partial charge in [-0.15, -0.1) is 0 Å². The van der Waals surface area contributed by atoms with E-state index in [1.54, 1.807) is 38.1 Å². The summed E-state index contributed by atoms with van der Waals surface area (Å²) in [4.78, 5) is 36.9. The van der Waals surface area contributed by atoms with E-state index >= 15 is 0 Å². The quantitative estimate of drug-likeness (QED) is 0.596. The highest BCUT2D eigenvalue weighted by molar-refractivity contribution is 9.09. The van der Waals surface area contributed by atoms with Gasteiger partial charge >= 0.3 is 11.9 Å². The third kappa shape index (κ3) is 2.73. The minimum atomic E-state index is -0.396. The summed E-state index contributed by atoms with van der Waals surface area (Å²) in [6.45, 7) is 3.58. The molecule has 138 valence electrons. The number of anilines is 1. The van der Waals surface area contributed by atoms with Crippen LogP contribution in [0.15, 0.2) is 24.3 Å². The first-order valence-corrected chi connectivity index (χ1v) is 9.75. The molecule has 1 heterocycles. The van der Waals surface area contributed by atoms with Gasteiger partial charge in [-0.1, -0.05) is 15.9 Å². The Bertz CT molecular complexity index is 762. The van der Waals surface area contributed by atoms with E-state index in [0.29, 0.717) is 11.3 Å². The lowest BCUT2D eigenvalue weighted by molar-refractivity contribution is -0.145. The second kappa shape index (κ2) is 6.37. The molecule has 1 aliphatic heterocycles. The van der Waals surface area contributed by atoms with Crippen LogP contribution in [0.2, 0.25) is 0 Å². The Morgan fingerprint density at radius 2 is 1.92 bits per heavy atom. The Kier molecular flexibility index (Phi) is 4.29. The van der Waals surface area contributed by atoms with E-state index in [4.69, 9.17) is 9.47 Å². The van der Waals surface area contributed by atoms with E-state index in [2.05, 4.69) is 21.2 Å². The van der Waals surface area contributed by atoms with Crippen LogP contribution in [0, 0.1) is 23.7 Å². The first-order valence-electron chi connectivity index (χ1n) is 8.83. The van der Waals surface area contributed by atoms with E-state index in [9.17, 15) is 14.4 Å². The zero-order chi connectivity index (χ0) is 18.6. The molecule has 2 bridgehead atoms. The fraction of sp³-hybridized carbons (Fsp3) is 0.526. The summed E-state index contributed by atoms with van der Waals surface area (Å²) in [6, 6.07) is 6.58. The van der Waals surface area contributed by atoms with Crippen LogP contribution in [0.5, 0.6) is 0 Å². The van der Waals surface area contributed by atoms with E-state index in [1.807, 2.05) is 0 Å². The van der Waals surface area contributed by atoms with Gasteiger partial charge in [0.25, 0.3) is 0 Å². The Morgan fingerprint density at radius 3 is 2.58 bits per heavy atom. The molecule has 2 saturated carbocycles. The molecule has 1 saturated heterocycles. The van der Waals surface area contributed by atoms with Crippen LogP contribution >= 0.6 is 15.9 Å². The second-order valence-corrected chi connectivity index (χ2v) is 8.54. The largest absolute Gasteiger partial charge is 0.461 e. The van der Waals surface area contributed by atoms with Gasteiger partial charge in [0, 0.05) is 11.6 Å². The van der Waals surface area contributed by atoms with Crippen LogP contribution in [0.4, 0.5) is 5.69 Å². The van der Waals surface area contributed by atoms with Crippen molar-refractivity contribution in [3.05, 3.63) is 29.8 Å².